The lowest BCUT2D eigenvalue weighted by Gasteiger charge is -2.33. The van der Waals surface area contributed by atoms with Crippen molar-refractivity contribution in [2.45, 2.75) is 57.5 Å². The minimum absolute atomic E-state index is 0.291. The third kappa shape index (κ3) is 3.63. The summed E-state index contributed by atoms with van der Waals surface area (Å²) in [7, 11) is 0. The molecule has 0 amide bonds. The second-order valence-electron chi connectivity index (χ2n) is 8.13. The summed E-state index contributed by atoms with van der Waals surface area (Å²) < 4.78 is 2.07. The number of aromatic nitrogens is 2. The smallest absolute Gasteiger partial charge is 0.0995 e. The molecule has 1 N–H and O–H groups in total. The number of rotatable bonds is 4. The van der Waals surface area contributed by atoms with E-state index < -0.39 is 6.10 Å². The van der Waals surface area contributed by atoms with Crippen molar-refractivity contribution in [3.63, 3.8) is 0 Å². The molecule has 1 aliphatic carbocycles. The summed E-state index contributed by atoms with van der Waals surface area (Å²) in [5.41, 5.74) is 4.65. The number of pyridine rings is 1. The molecule has 142 valence electrons. The van der Waals surface area contributed by atoms with Gasteiger partial charge in [-0.2, -0.15) is 0 Å². The van der Waals surface area contributed by atoms with E-state index in [1.807, 2.05) is 24.7 Å². The first-order valence-corrected chi connectivity index (χ1v) is 10.3. The van der Waals surface area contributed by atoms with Crippen molar-refractivity contribution in [1.82, 2.24) is 9.38 Å². The predicted molar refractivity (Wildman–Crippen MR) is 110 cm³/mol. The summed E-state index contributed by atoms with van der Waals surface area (Å²) >= 11 is 6.02. The van der Waals surface area contributed by atoms with Crippen LogP contribution in [0.2, 0.25) is 5.02 Å². The largest absolute Gasteiger partial charge is 0.387 e. The molecule has 1 aliphatic rings. The average Bonchev–Trinajstić information content (AvgIpc) is 3.16. The zero-order valence-electron chi connectivity index (χ0n) is 16.0. The fraction of sp³-hybridized carbons (Fsp3) is 0.435. The molecule has 4 heteroatoms. The summed E-state index contributed by atoms with van der Waals surface area (Å²) in [6.45, 7) is 4.37. The molecule has 1 aromatic carbocycles. The molecule has 0 bridgehead atoms. The minimum Gasteiger partial charge on any atom is -0.387 e. The van der Waals surface area contributed by atoms with Gasteiger partial charge in [-0.1, -0.05) is 43.6 Å². The maximum Gasteiger partial charge on any atom is 0.0995 e. The zero-order chi connectivity index (χ0) is 19.0. The van der Waals surface area contributed by atoms with Gasteiger partial charge in [0.1, 0.15) is 0 Å². The number of nitrogens with zero attached hydrogens (tertiary/aromatic N) is 2. The molecule has 27 heavy (non-hydrogen) atoms. The second kappa shape index (κ2) is 7.65. The number of halogens is 1. The third-order valence-electron chi connectivity index (χ3n) is 6.12. The molecule has 0 radical (unpaired) electrons. The summed E-state index contributed by atoms with van der Waals surface area (Å²) in [6, 6.07) is 12.5. The fourth-order valence-electron chi connectivity index (χ4n) is 4.56. The van der Waals surface area contributed by atoms with Crippen LogP contribution >= 0.6 is 11.6 Å². The highest BCUT2D eigenvalue weighted by atomic mass is 35.5. The van der Waals surface area contributed by atoms with Gasteiger partial charge in [-0.05, 0) is 72.8 Å². The molecule has 2 aromatic heterocycles. The van der Waals surface area contributed by atoms with Gasteiger partial charge in [-0.15, -0.1) is 0 Å². The van der Waals surface area contributed by atoms with Gasteiger partial charge in [0.05, 0.1) is 29.8 Å². The Morgan fingerprint density at radius 3 is 2.41 bits per heavy atom. The van der Waals surface area contributed by atoms with Crippen molar-refractivity contribution in [3.8, 4) is 0 Å². The Labute approximate surface area is 166 Å². The summed E-state index contributed by atoms with van der Waals surface area (Å²) in [5, 5.41) is 12.1. The normalized spacial score (nSPS) is 21.7. The Bertz CT molecular complexity index is 908. The van der Waals surface area contributed by atoms with Crippen LogP contribution in [0.15, 0.2) is 48.9 Å². The van der Waals surface area contributed by atoms with Crippen LogP contribution in [0, 0.1) is 5.92 Å². The van der Waals surface area contributed by atoms with E-state index >= 15 is 0 Å². The van der Waals surface area contributed by atoms with Gasteiger partial charge < -0.3 is 9.51 Å². The number of hydrogen-bond donors (Lipinski definition) is 1. The van der Waals surface area contributed by atoms with Gasteiger partial charge >= 0.3 is 0 Å². The molecule has 0 saturated heterocycles. The first-order chi connectivity index (χ1) is 13.0. The molecule has 1 unspecified atom stereocenters. The number of imidazole rings is 1. The molecule has 0 spiro atoms. The minimum atomic E-state index is -0.452. The molecule has 0 aliphatic heterocycles. The Balaban J connectivity index is 1.55. The van der Waals surface area contributed by atoms with Gasteiger partial charge in [0.15, 0.2) is 0 Å². The first-order valence-electron chi connectivity index (χ1n) is 9.93. The molecule has 2 heterocycles. The summed E-state index contributed by atoms with van der Waals surface area (Å²) in [6.07, 6.45) is 7.54. The van der Waals surface area contributed by atoms with Crippen molar-refractivity contribution in [2.75, 3.05) is 0 Å². The lowest BCUT2D eigenvalue weighted by atomic mass is 9.75. The number of aliphatic hydroxyl groups is 1. The van der Waals surface area contributed by atoms with Gasteiger partial charge in [0.2, 0.25) is 0 Å². The van der Waals surface area contributed by atoms with Crippen LogP contribution in [0.5, 0.6) is 0 Å². The molecular formula is C23H27ClN2O. The van der Waals surface area contributed by atoms with E-state index in [1.54, 1.807) is 0 Å². The summed E-state index contributed by atoms with van der Waals surface area (Å²) in [4.78, 5) is 4.29. The number of fused-ring (bicyclic) bond motifs is 1. The molecule has 4 rings (SSSR count). The zero-order valence-corrected chi connectivity index (χ0v) is 16.7. The van der Waals surface area contributed by atoms with E-state index in [0.717, 1.165) is 41.9 Å². The van der Waals surface area contributed by atoms with E-state index in [0.29, 0.717) is 17.8 Å². The van der Waals surface area contributed by atoms with E-state index in [-0.39, 0.29) is 0 Å². The second-order valence-corrected chi connectivity index (χ2v) is 8.56. The van der Waals surface area contributed by atoms with Crippen molar-refractivity contribution < 1.29 is 5.11 Å². The lowest BCUT2D eigenvalue weighted by Crippen LogP contribution is -2.22. The Morgan fingerprint density at radius 1 is 1.04 bits per heavy atom. The first kappa shape index (κ1) is 18.5. The van der Waals surface area contributed by atoms with Crippen LogP contribution in [0.4, 0.5) is 0 Å². The van der Waals surface area contributed by atoms with Crippen LogP contribution in [-0.4, -0.2) is 14.5 Å². The fourth-order valence-corrected chi connectivity index (χ4v) is 4.68. The Morgan fingerprint density at radius 2 is 1.74 bits per heavy atom. The molecule has 1 fully saturated rings. The van der Waals surface area contributed by atoms with E-state index in [9.17, 15) is 5.11 Å². The quantitative estimate of drug-likeness (QED) is 0.590. The van der Waals surface area contributed by atoms with Gasteiger partial charge in [-0.25, -0.2) is 4.98 Å². The number of aliphatic hydroxyl groups excluding tert-OH is 1. The van der Waals surface area contributed by atoms with Crippen LogP contribution in [-0.2, 0) is 0 Å². The van der Waals surface area contributed by atoms with Crippen molar-refractivity contribution in [1.29, 1.82) is 0 Å². The van der Waals surface area contributed by atoms with E-state index in [4.69, 9.17) is 11.6 Å². The molecule has 1 atom stereocenters. The Hall–Kier alpha value is -1.84. The highest BCUT2D eigenvalue weighted by Crippen LogP contribution is 2.42. The molecule has 3 aromatic rings. The maximum atomic E-state index is 11.3. The van der Waals surface area contributed by atoms with Crippen molar-refractivity contribution in [3.05, 3.63) is 70.8 Å². The van der Waals surface area contributed by atoms with Crippen molar-refractivity contribution in [2.24, 2.45) is 5.92 Å². The maximum absolute atomic E-state index is 11.3. The number of hydrogen-bond acceptors (Lipinski definition) is 2. The van der Waals surface area contributed by atoms with E-state index in [2.05, 4.69) is 47.5 Å². The average molecular weight is 383 g/mol. The molecule has 3 nitrogen and oxygen atoms in total. The van der Waals surface area contributed by atoms with Crippen molar-refractivity contribution >= 4 is 17.1 Å². The topological polar surface area (TPSA) is 37.5 Å². The van der Waals surface area contributed by atoms with E-state index in [1.165, 1.54) is 11.1 Å². The molecule has 1 saturated carbocycles. The van der Waals surface area contributed by atoms with Crippen LogP contribution in [0.1, 0.15) is 74.3 Å². The standard InChI is InChI=1S/C23H27ClN2O/c1-15(2)21-12-11-20-13-25-14-26(20)22(21)23(27)18-5-3-16(4-6-18)17-7-9-19(24)10-8-17/h7-16,18,23,27H,3-6H2,1-2H3. The van der Waals surface area contributed by atoms with Crippen LogP contribution < -0.4 is 0 Å². The van der Waals surface area contributed by atoms with Crippen LogP contribution in [0.25, 0.3) is 5.52 Å². The van der Waals surface area contributed by atoms with Gasteiger partial charge in [-0.3, -0.25) is 0 Å². The monoisotopic (exact) mass is 382 g/mol. The Kier molecular flexibility index (Phi) is 5.25. The van der Waals surface area contributed by atoms with Gasteiger partial charge in [0.25, 0.3) is 0 Å². The lowest BCUT2D eigenvalue weighted by molar-refractivity contribution is 0.0752. The summed E-state index contributed by atoms with van der Waals surface area (Å²) in [5.74, 6) is 1.23. The molecular weight excluding hydrogens is 356 g/mol. The van der Waals surface area contributed by atoms with Gasteiger partial charge in [0, 0.05) is 5.02 Å². The SMILES string of the molecule is CC(C)c1ccc2cncn2c1C(O)C1CCC(c2ccc(Cl)cc2)CC1. The highest BCUT2D eigenvalue weighted by molar-refractivity contribution is 6.30. The predicted octanol–water partition coefficient (Wildman–Crippen LogP) is 6.12. The van der Waals surface area contributed by atoms with Crippen LogP contribution in [0.3, 0.4) is 0 Å². The third-order valence-corrected chi connectivity index (χ3v) is 6.37. The highest BCUT2D eigenvalue weighted by Gasteiger charge is 2.31. The number of benzene rings is 1.